The van der Waals surface area contributed by atoms with Crippen molar-refractivity contribution in [3.8, 4) is 0 Å². The highest BCUT2D eigenvalue weighted by Gasteiger charge is 2.45. The van der Waals surface area contributed by atoms with Crippen LogP contribution in [-0.4, -0.2) is 99.4 Å². The second kappa shape index (κ2) is 15.9. The van der Waals surface area contributed by atoms with Gasteiger partial charge in [0.2, 0.25) is 0 Å². The first-order chi connectivity index (χ1) is 10.8. The van der Waals surface area contributed by atoms with Crippen LogP contribution in [0.5, 0.6) is 0 Å². The van der Waals surface area contributed by atoms with Gasteiger partial charge < -0.3 is 45.4 Å². The van der Waals surface area contributed by atoms with Crippen LogP contribution in [-0.2, 0) is 9.47 Å². The molecule has 0 aromatic carbocycles. The summed E-state index contributed by atoms with van der Waals surface area (Å²) in [5.41, 5.74) is 0.162. The maximum absolute atomic E-state index is 10.2. The van der Waals surface area contributed by atoms with Gasteiger partial charge in [-0.25, -0.2) is 0 Å². The molecule has 0 spiro atoms. The number of ether oxygens (including phenoxy) is 2. The van der Waals surface area contributed by atoms with Crippen LogP contribution in [0.15, 0.2) is 11.6 Å². The van der Waals surface area contributed by atoms with E-state index in [2.05, 4.69) is 5.32 Å². The number of hydrogen-bond donors (Lipinski definition) is 7. The zero-order valence-electron chi connectivity index (χ0n) is 15.5. The lowest BCUT2D eigenvalue weighted by atomic mass is 9.86. The molecule has 5 unspecified atom stereocenters. The Morgan fingerprint density at radius 3 is 1.93 bits per heavy atom. The van der Waals surface area contributed by atoms with Crippen LogP contribution in [0.4, 0.5) is 0 Å². The number of hydrogen-bond acceptors (Lipinski definition) is 9. The lowest BCUT2D eigenvalue weighted by Gasteiger charge is -2.44. The highest BCUT2D eigenvalue weighted by atomic mass is 32.1. The van der Waals surface area contributed by atoms with Crippen molar-refractivity contribution in [2.45, 2.75) is 61.9 Å². The molecule has 0 bridgehead atoms. The number of nitrogens with one attached hydrogen (secondary N) is 1. The SMILES string of the molecule is COC1O[C@H](C)C(NC2C=C(CO)[C@@H](O)C(O)[C@H]2O)[C@H](O)C1O.S.S.S.S.S. The minimum atomic E-state index is -1.48. The Kier molecular flexibility index (Phi) is 20.7. The molecule has 0 saturated carbocycles. The van der Waals surface area contributed by atoms with E-state index in [0.29, 0.717) is 0 Å². The third kappa shape index (κ3) is 7.67. The standard InChI is InChI=1S/C14H25NO8.5H2S/c1-5-8(11(19)13(21)14(22-2)23-5)15-7-3-6(4-16)9(17)12(20)10(7)18;;;;;/h3,5,7-21H,4H2,1-2H3;5*1H2/t5-,7?,8?,9-,10+,11+,12?,13?,14?;;;;;/m1...../s1. The average molecular weight is 506 g/mol. The summed E-state index contributed by atoms with van der Waals surface area (Å²) in [4.78, 5) is 0. The van der Waals surface area contributed by atoms with Crippen LogP contribution in [0.1, 0.15) is 6.92 Å². The molecule has 0 aromatic heterocycles. The van der Waals surface area contributed by atoms with Crippen LogP contribution in [0.2, 0.25) is 0 Å². The van der Waals surface area contributed by atoms with Gasteiger partial charge in [-0.1, -0.05) is 6.08 Å². The molecule has 14 heteroatoms. The summed E-state index contributed by atoms with van der Waals surface area (Å²) in [5, 5.41) is 62.0. The van der Waals surface area contributed by atoms with Gasteiger partial charge in [-0.05, 0) is 12.5 Å². The maximum atomic E-state index is 10.2. The van der Waals surface area contributed by atoms with E-state index < -0.39 is 61.6 Å². The van der Waals surface area contributed by atoms with Crippen LogP contribution in [0, 0.1) is 0 Å². The fourth-order valence-electron chi connectivity index (χ4n) is 3.02. The molecule has 174 valence electrons. The highest BCUT2D eigenvalue weighted by molar-refractivity contribution is 7.60. The topological polar surface area (TPSA) is 152 Å². The normalized spacial score (nSPS) is 39.6. The van der Waals surface area contributed by atoms with Crippen molar-refractivity contribution in [3.05, 3.63) is 11.6 Å². The van der Waals surface area contributed by atoms with E-state index in [1.807, 2.05) is 0 Å². The van der Waals surface area contributed by atoms with E-state index in [9.17, 15) is 30.6 Å². The van der Waals surface area contributed by atoms with E-state index >= 15 is 0 Å². The minimum absolute atomic E-state index is 0. The molecule has 1 aliphatic heterocycles. The second-order valence-corrected chi connectivity index (χ2v) is 5.97. The maximum Gasteiger partial charge on any atom is 0.186 e. The number of aliphatic hydroxyl groups excluding tert-OH is 6. The Balaban J connectivity index is -0.000000576. The Morgan fingerprint density at radius 2 is 1.46 bits per heavy atom. The molecule has 1 aliphatic carbocycles. The number of rotatable bonds is 4. The van der Waals surface area contributed by atoms with Crippen LogP contribution in [0.3, 0.4) is 0 Å². The number of aliphatic hydroxyl groups is 6. The molecule has 2 rings (SSSR count). The zero-order valence-corrected chi connectivity index (χ0v) is 20.5. The lowest BCUT2D eigenvalue weighted by molar-refractivity contribution is -0.265. The molecule has 9 nitrogen and oxygen atoms in total. The second-order valence-electron chi connectivity index (χ2n) is 5.97. The van der Waals surface area contributed by atoms with Crippen LogP contribution in [0.25, 0.3) is 0 Å². The van der Waals surface area contributed by atoms with Gasteiger partial charge in [-0.15, -0.1) is 0 Å². The number of methoxy groups -OCH3 is 1. The molecule has 1 heterocycles. The van der Waals surface area contributed by atoms with Crippen molar-refractivity contribution in [2.24, 2.45) is 0 Å². The predicted octanol–water partition coefficient (Wildman–Crippen LogP) is -2.99. The summed E-state index contributed by atoms with van der Waals surface area (Å²) < 4.78 is 10.4. The summed E-state index contributed by atoms with van der Waals surface area (Å²) in [6.45, 7) is 1.19. The third-order valence-corrected chi connectivity index (χ3v) is 4.47. The van der Waals surface area contributed by atoms with Gasteiger partial charge in [0.1, 0.15) is 30.5 Å². The molecule has 0 aromatic rings. The van der Waals surface area contributed by atoms with Crippen molar-refractivity contribution >= 4 is 67.5 Å². The Morgan fingerprint density at radius 1 is 0.929 bits per heavy atom. The van der Waals surface area contributed by atoms with Gasteiger partial charge in [-0.2, -0.15) is 67.5 Å². The molecule has 0 radical (unpaired) electrons. The first-order valence-electron chi connectivity index (χ1n) is 7.47. The van der Waals surface area contributed by atoms with Crippen molar-refractivity contribution < 1.29 is 40.1 Å². The molecule has 0 amide bonds. The van der Waals surface area contributed by atoms with Gasteiger partial charge in [0.25, 0.3) is 0 Å². The highest BCUT2D eigenvalue weighted by Crippen LogP contribution is 2.25. The molecule has 1 fully saturated rings. The van der Waals surface area contributed by atoms with Gasteiger partial charge >= 0.3 is 0 Å². The van der Waals surface area contributed by atoms with Crippen molar-refractivity contribution in [1.29, 1.82) is 0 Å². The quantitative estimate of drug-likeness (QED) is 0.198. The molecule has 1 saturated heterocycles. The summed E-state index contributed by atoms with van der Waals surface area (Å²) in [6, 6.07) is -1.60. The summed E-state index contributed by atoms with van der Waals surface area (Å²) in [7, 11) is 1.35. The first-order valence-corrected chi connectivity index (χ1v) is 7.47. The van der Waals surface area contributed by atoms with Crippen LogP contribution >= 0.6 is 67.5 Å². The monoisotopic (exact) mass is 505 g/mol. The fraction of sp³-hybridized carbons (Fsp3) is 0.857. The Bertz CT molecular complexity index is 452. The van der Waals surface area contributed by atoms with Crippen LogP contribution < -0.4 is 5.32 Å². The first kappa shape index (κ1) is 36.5. The molecule has 9 atom stereocenters. The Hall–Kier alpha value is 1.13. The molecular formula is C14H35NO8S5. The van der Waals surface area contributed by atoms with E-state index in [1.165, 1.54) is 13.2 Å². The van der Waals surface area contributed by atoms with Crippen molar-refractivity contribution in [1.82, 2.24) is 5.32 Å². The van der Waals surface area contributed by atoms with Crippen molar-refractivity contribution in [2.75, 3.05) is 13.7 Å². The van der Waals surface area contributed by atoms with Gasteiger partial charge in [0.15, 0.2) is 6.29 Å². The molecule has 2 aliphatic rings. The van der Waals surface area contributed by atoms with Gasteiger partial charge in [0, 0.05) is 7.11 Å². The smallest absolute Gasteiger partial charge is 0.186 e. The largest absolute Gasteiger partial charge is 0.392 e. The average Bonchev–Trinajstić information content (AvgIpc) is 2.54. The lowest BCUT2D eigenvalue weighted by Crippen LogP contribution is -2.66. The van der Waals surface area contributed by atoms with E-state index in [1.54, 1.807) is 6.92 Å². The van der Waals surface area contributed by atoms with Gasteiger partial charge in [-0.3, -0.25) is 0 Å². The Labute approximate surface area is 199 Å². The fourth-order valence-corrected chi connectivity index (χ4v) is 3.02. The molecular weight excluding hydrogens is 470 g/mol. The minimum Gasteiger partial charge on any atom is -0.392 e. The van der Waals surface area contributed by atoms with E-state index in [0.717, 1.165) is 0 Å². The zero-order chi connectivity index (χ0) is 17.3. The predicted molar refractivity (Wildman–Crippen MR) is 129 cm³/mol. The summed E-state index contributed by atoms with van der Waals surface area (Å²) in [6.07, 6.45) is -6.83. The molecule has 28 heavy (non-hydrogen) atoms. The van der Waals surface area contributed by atoms with E-state index in [4.69, 9.17) is 9.47 Å². The summed E-state index contributed by atoms with van der Waals surface area (Å²) in [5.74, 6) is 0. The molecule has 7 N–H and O–H groups in total. The van der Waals surface area contributed by atoms with Crippen molar-refractivity contribution in [3.63, 3.8) is 0 Å². The van der Waals surface area contributed by atoms with E-state index in [-0.39, 0.29) is 73.1 Å². The third-order valence-electron chi connectivity index (χ3n) is 4.47. The summed E-state index contributed by atoms with van der Waals surface area (Å²) >= 11 is 0. The van der Waals surface area contributed by atoms with Gasteiger partial charge in [0.05, 0.1) is 24.8 Å².